The summed E-state index contributed by atoms with van der Waals surface area (Å²) in [7, 11) is 0. The maximum Gasteiger partial charge on any atom is 0.338 e. The summed E-state index contributed by atoms with van der Waals surface area (Å²) < 4.78 is 5.27. The first-order chi connectivity index (χ1) is 17.1. The molecule has 1 aromatic heterocycles. The molecular formula is C29H17ClN2O3. The fourth-order valence-electron chi connectivity index (χ4n) is 4.34. The Hall–Kier alpha value is -4.35. The number of ether oxygens (including phenoxy) is 1. The van der Waals surface area contributed by atoms with E-state index in [9.17, 15) is 9.59 Å². The predicted octanol–water partition coefficient (Wildman–Crippen LogP) is 6.78. The van der Waals surface area contributed by atoms with Gasteiger partial charge in [0.1, 0.15) is 0 Å². The number of carbonyl (C=O) groups is 2. The minimum absolute atomic E-state index is 0.306. The van der Waals surface area contributed by atoms with E-state index in [4.69, 9.17) is 26.3 Å². The topological polar surface area (TPSA) is 69.2 Å². The number of carbonyl (C=O) groups excluding carboxylic acids is 2. The van der Waals surface area contributed by atoms with Crippen LogP contribution in [0.15, 0.2) is 91.0 Å². The van der Waals surface area contributed by atoms with Crippen molar-refractivity contribution in [2.75, 3.05) is 6.61 Å². The lowest BCUT2D eigenvalue weighted by Gasteiger charge is -2.10. The van der Waals surface area contributed by atoms with Crippen LogP contribution in [0.25, 0.3) is 43.6 Å². The minimum atomic E-state index is -0.598. The number of hydrogen-bond acceptors (Lipinski definition) is 5. The third-order valence-electron chi connectivity index (χ3n) is 6.06. The van der Waals surface area contributed by atoms with Crippen molar-refractivity contribution >= 4 is 67.0 Å². The Morgan fingerprint density at radius 1 is 0.657 bits per heavy atom. The molecule has 0 aliphatic heterocycles. The molecule has 0 N–H and O–H groups in total. The van der Waals surface area contributed by atoms with Crippen LogP contribution in [-0.2, 0) is 4.74 Å². The van der Waals surface area contributed by atoms with Gasteiger partial charge in [0.25, 0.3) is 0 Å². The zero-order valence-electron chi connectivity index (χ0n) is 18.4. The van der Waals surface area contributed by atoms with Crippen molar-refractivity contribution in [3.8, 4) is 0 Å². The van der Waals surface area contributed by atoms with Crippen LogP contribution in [0.1, 0.15) is 20.7 Å². The van der Waals surface area contributed by atoms with Crippen LogP contribution in [0.4, 0.5) is 0 Å². The lowest BCUT2D eigenvalue weighted by Crippen LogP contribution is -2.14. The number of Topliss-reactive ketones (excluding diaryl/α,β-unsaturated/α-hetero) is 1. The SMILES string of the molecule is O=C(COC(=O)c1ccc2nc3c4ccccc4c4ccccc4c3nc2c1)c1ccc(Cl)cc1. The van der Waals surface area contributed by atoms with Gasteiger partial charge in [-0.05, 0) is 53.2 Å². The fourth-order valence-corrected chi connectivity index (χ4v) is 4.47. The molecule has 5 aromatic carbocycles. The molecule has 1 heterocycles. The molecule has 0 aliphatic rings. The highest BCUT2D eigenvalue weighted by atomic mass is 35.5. The average molecular weight is 477 g/mol. The van der Waals surface area contributed by atoms with E-state index < -0.39 is 5.97 Å². The Kier molecular flexibility index (Phi) is 5.12. The van der Waals surface area contributed by atoms with Crippen LogP contribution in [-0.4, -0.2) is 28.3 Å². The van der Waals surface area contributed by atoms with E-state index >= 15 is 0 Å². The summed E-state index contributed by atoms with van der Waals surface area (Å²) in [5.74, 6) is -0.903. The van der Waals surface area contributed by atoms with Crippen molar-refractivity contribution in [2.45, 2.75) is 0 Å². The summed E-state index contributed by atoms with van der Waals surface area (Å²) >= 11 is 5.86. The van der Waals surface area contributed by atoms with Crippen molar-refractivity contribution < 1.29 is 14.3 Å². The van der Waals surface area contributed by atoms with E-state index in [2.05, 4.69) is 12.1 Å². The second kappa shape index (κ2) is 8.46. The molecule has 0 spiro atoms. The molecule has 5 nitrogen and oxygen atoms in total. The number of hydrogen-bond donors (Lipinski definition) is 0. The van der Waals surface area contributed by atoms with Gasteiger partial charge >= 0.3 is 5.97 Å². The molecule has 6 aromatic rings. The van der Waals surface area contributed by atoms with Gasteiger partial charge in [-0.25, -0.2) is 14.8 Å². The largest absolute Gasteiger partial charge is 0.454 e. The number of aromatic nitrogens is 2. The molecule has 0 bridgehead atoms. The number of fused-ring (bicyclic) bond motifs is 7. The Morgan fingerprint density at radius 2 is 1.20 bits per heavy atom. The molecule has 0 amide bonds. The first-order valence-electron chi connectivity index (χ1n) is 11.1. The normalized spacial score (nSPS) is 11.3. The molecule has 0 unspecified atom stereocenters. The second-order valence-corrected chi connectivity index (χ2v) is 8.66. The van der Waals surface area contributed by atoms with E-state index in [0.29, 0.717) is 27.2 Å². The highest BCUT2D eigenvalue weighted by Crippen LogP contribution is 2.34. The quantitative estimate of drug-likeness (QED) is 0.121. The number of nitrogens with zero attached hydrogens (tertiary/aromatic N) is 2. The van der Waals surface area contributed by atoms with Gasteiger partial charge in [-0.3, -0.25) is 4.79 Å². The molecule has 0 aliphatic carbocycles. The van der Waals surface area contributed by atoms with Crippen LogP contribution >= 0.6 is 11.6 Å². The van der Waals surface area contributed by atoms with Gasteiger partial charge < -0.3 is 4.74 Å². The number of halogens is 1. The maximum absolute atomic E-state index is 12.7. The Labute approximate surface area is 204 Å². The van der Waals surface area contributed by atoms with Crippen LogP contribution < -0.4 is 0 Å². The van der Waals surface area contributed by atoms with Gasteiger partial charge in [-0.2, -0.15) is 0 Å². The van der Waals surface area contributed by atoms with Crippen LogP contribution in [0.3, 0.4) is 0 Å². The standard InChI is InChI=1S/C29H17ClN2O3/c30-19-12-9-17(10-13-19)26(33)16-35-29(34)18-11-14-24-25(15-18)32-28-23-8-4-2-6-21(23)20-5-1-3-7-22(20)27(28)31-24/h1-15H,16H2. The van der Waals surface area contributed by atoms with Crippen LogP contribution in [0, 0.1) is 0 Å². The van der Waals surface area contributed by atoms with E-state index in [1.807, 2.05) is 36.4 Å². The Balaban J connectivity index is 1.38. The van der Waals surface area contributed by atoms with Crippen molar-refractivity contribution in [1.29, 1.82) is 0 Å². The second-order valence-electron chi connectivity index (χ2n) is 8.22. The summed E-state index contributed by atoms with van der Waals surface area (Å²) in [6.45, 7) is -0.363. The fraction of sp³-hybridized carbons (Fsp3) is 0.0345. The van der Waals surface area contributed by atoms with Crippen LogP contribution in [0.2, 0.25) is 5.02 Å². The molecule has 168 valence electrons. The van der Waals surface area contributed by atoms with Crippen LogP contribution in [0.5, 0.6) is 0 Å². The lowest BCUT2D eigenvalue weighted by atomic mass is 9.99. The van der Waals surface area contributed by atoms with Gasteiger partial charge in [-0.15, -0.1) is 0 Å². The summed E-state index contributed by atoms with van der Waals surface area (Å²) in [5.41, 5.74) is 3.58. The van der Waals surface area contributed by atoms with E-state index in [-0.39, 0.29) is 12.4 Å². The van der Waals surface area contributed by atoms with Gasteiger partial charge in [0, 0.05) is 21.4 Å². The summed E-state index contributed by atoms with van der Waals surface area (Å²) in [6.07, 6.45) is 0. The van der Waals surface area contributed by atoms with Gasteiger partial charge in [0.05, 0.1) is 27.6 Å². The monoisotopic (exact) mass is 476 g/mol. The van der Waals surface area contributed by atoms with Gasteiger partial charge in [-0.1, -0.05) is 60.1 Å². The van der Waals surface area contributed by atoms with Gasteiger partial charge in [0.15, 0.2) is 12.4 Å². The summed E-state index contributed by atoms with van der Waals surface area (Å²) in [5, 5.41) is 4.77. The Morgan fingerprint density at radius 3 is 1.83 bits per heavy atom. The smallest absolute Gasteiger partial charge is 0.338 e. The zero-order valence-corrected chi connectivity index (χ0v) is 19.1. The van der Waals surface area contributed by atoms with Crippen molar-refractivity contribution in [2.24, 2.45) is 0 Å². The number of esters is 1. The molecule has 0 saturated heterocycles. The van der Waals surface area contributed by atoms with Crippen molar-refractivity contribution in [3.05, 3.63) is 107 Å². The minimum Gasteiger partial charge on any atom is -0.454 e. The van der Waals surface area contributed by atoms with Gasteiger partial charge in [0.2, 0.25) is 0 Å². The molecular weight excluding hydrogens is 460 g/mol. The maximum atomic E-state index is 12.7. The molecule has 0 fully saturated rings. The molecule has 0 radical (unpaired) electrons. The third kappa shape index (κ3) is 3.76. The first-order valence-corrected chi connectivity index (χ1v) is 11.4. The predicted molar refractivity (Wildman–Crippen MR) is 138 cm³/mol. The summed E-state index contributed by atoms with van der Waals surface area (Å²) in [6, 6.07) is 27.7. The number of benzene rings is 5. The zero-order chi connectivity index (χ0) is 23.9. The Bertz CT molecular complexity index is 1800. The highest BCUT2D eigenvalue weighted by molar-refractivity contribution is 6.30. The summed E-state index contributed by atoms with van der Waals surface area (Å²) in [4.78, 5) is 34.8. The number of ketones is 1. The molecule has 35 heavy (non-hydrogen) atoms. The van der Waals surface area contributed by atoms with Crippen molar-refractivity contribution in [1.82, 2.24) is 9.97 Å². The average Bonchev–Trinajstić information content (AvgIpc) is 2.91. The lowest BCUT2D eigenvalue weighted by molar-refractivity contribution is 0.0475. The van der Waals surface area contributed by atoms with E-state index in [1.165, 1.54) is 0 Å². The van der Waals surface area contributed by atoms with Crippen molar-refractivity contribution in [3.63, 3.8) is 0 Å². The number of rotatable bonds is 4. The molecule has 0 saturated carbocycles. The molecule has 6 rings (SSSR count). The third-order valence-corrected chi connectivity index (χ3v) is 6.31. The van der Waals surface area contributed by atoms with E-state index in [0.717, 1.165) is 32.6 Å². The molecule has 6 heteroatoms. The highest BCUT2D eigenvalue weighted by Gasteiger charge is 2.15. The molecule has 0 atom stereocenters. The van der Waals surface area contributed by atoms with E-state index in [1.54, 1.807) is 42.5 Å². The first kappa shape index (κ1) is 21.2.